The molecular formula is C20H28Si. The monoisotopic (exact) mass is 296 g/mol. The Morgan fingerprint density at radius 2 is 1.76 bits per heavy atom. The van der Waals surface area contributed by atoms with Gasteiger partial charge in [0.1, 0.15) is 0 Å². The molecule has 0 nitrogen and oxygen atoms in total. The summed E-state index contributed by atoms with van der Waals surface area (Å²) in [7, 11) is -1.39. The van der Waals surface area contributed by atoms with Crippen LogP contribution in [0, 0.1) is 5.92 Å². The fraction of sp³-hybridized carbons (Fsp3) is 0.600. The first-order valence-electron chi connectivity index (χ1n) is 8.99. The average molecular weight is 297 g/mol. The van der Waals surface area contributed by atoms with Gasteiger partial charge in [-0.2, -0.15) is 0 Å². The van der Waals surface area contributed by atoms with Crippen molar-refractivity contribution < 1.29 is 0 Å². The van der Waals surface area contributed by atoms with Crippen LogP contribution in [0.25, 0.3) is 0 Å². The fourth-order valence-electron chi connectivity index (χ4n) is 5.25. The largest absolute Gasteiger partial charge is 0.0872 e. The highest BCUT2D eigenvalue weighted by Gasteiger charge is 2.43. The van der Waals surface area contributed by atoms with Crippen molar-refractivity contribution in [2.24, 2.45) is 5.92 Å². The number of hydrogen-bond donors (Lipinski definition) is 0. The second kappa shape index (κ2) is 5.12. The molecule has 0 aromatic carbocycles. The molecule has 2 atom stereocenters. The molecule has 0 bridgehead atoms. The van der Waals surface area contributed by atoms with Gasteiger partial charge in [0.05, 0.1) is 8.07 Å². The van der Waals surface area contributed by atoms with Gasteiger partial charge in [0, 0.05) is 0 Å². The van der Waals surface area contributed by atoms with E-state index in [1.807, 2.05) is 10.8 Å². The minimum Gasteiger partial charge on any atom is -0.0794 e. The molecule has 0 aromatic heterocycles. The van der Waals surface area contributed by atoms with Gasteiger partial charge in [-0.3, -0.25) is 0 Å². The molecule has 1 heteroatoms. The molecule has 21 heavy (non-hydrogen) atoms. The van der Waals surface area contributed by atoms with Crippen LogP contribution in [0.15, 0.2) is 46.2 Å². The van der Waals surface area contributed by atoms with E-state index in [9.17, 15) is 0 Å². The molecule has 0 radical (unpaired) electrons. The second-order valence-electron chi connectivity index (χ2n) is 7.98. The van der Waals surface area contributed by atoms with Crippen molar-refractivity contribution in [2.45, 2.75) is 70.0 Å². The van der Waals surface area contributed by atoms with E-state index in [2.05, 4.69) is 37.4 Å². The molecule has 0 amide bonds. The lowest BCUT2D eigenvalue weighted by Gasteiger charge is -2.38. The smallest absolute Gasteiger partial charge is 0.0794 e. The maximum Gasteiger partial charge on any atom is 0.0872 e. The van der Waals surface area contributed by atoms with Gasteiger partial charge in [-0.25, -0.2) is 0 Å². The minimum absolute atomic E-state index is 0.800. The van der Waals surface area contributed by atoms with Gasteiger partial charge in [0.2, 0.25) is 0 Å². The summed E-state index contributed by atoms with van der Waals surface area (Å²) in [5, 5.41) is 1.87. The lowest BCUT2D eigenvalue weighted by atomic mass is 9.86. The highest BCUT2D eigenvalue weighted by atomic mass is 28.3. The van der Waals surface area contributed by atoms with Gasteiger partial charge in [-0.15, -0.1) is 0 Å². The van der Waals surface area contributed by atoms with Gasteiger partial charge < -0.3 is 0 Å². The Balaban J connectivity index is 1.63. The molecule has 1 saturated carbocycles. The summed E-state index contributed by atoms with van der Waals surface area (Å²) in [6, 6.07) is 0. The van der Waals surface area contributed by atoms with Crippen molar-refractivity contribution >= 4 is 8.07 Å². The summed E-state index contributed by atoms with van der Waals surface area (Å²) in [6.07, 6.45) is 21.3. The van der Waals surface area contributed by atoms with Crippen LogP contribution in [0.4, 0.5) is 0 Å². The molecular weight excluding hydrogens is 268 g/mol. The van der Waals surface area contributed by atoms with Crippen LogP contribution in [0.1, 0.15) is 51.4 Å². The molecule has 4 aliphatic rings. The Morgan fingerprint density at radius 1 is 0.952 bits per heavy atom. The molecule has 0 spiro atoms. The quantitative estimate of drug-likeness (QED) is 0.540. The maximum atomic E-state index is 2.64. The van der Waals surface area contributed by atoms with E-state index in [1.54, 1.807) is 11.1 Å². The highest BCUT2D eigenvalue weighted by Crippen LogP contribution is 2.51. The topological polar surface area (TPSA) is 0 Å². The van der Waals surface area contributed by atoms with Crippen molar-refractivity contribution in [3.8, 4) is 0 Å². The average Bonchev–Trinajstić information content (AvgIpc) is 3.12. The van der Waals surface area contributed by atoms with Crippen LogP contribution >= 0.6 is 0 Å². The first kappa shape index (κ1) is 13.8. The number of hydrogen-bond acceptors (Lipinski definition) is 0. The van der Waals surface area contributed by atoms with Gasteiger partial charge in [0.25, 0.3) is 0 Å². The Labute approximate surface area is 130 Å². The first-order chi connectivity index (χ1) is 10.2. The number of allylic oxidation sites excluding steroid dienone is 8. The molecule has 4 rings (SSSR count). The predicted octanol–water partition coefficient (Wildman–Crippen LogP) is 6.10. The van der Waals surface area contributed by atoms with E-state index in [0.29, 0.717) is 0 Å². The van der Waals surface area contributed by atoms with Gasteiger partial charge in [-0.05, 0) is 62.0 Å². The Morgan fingerprint density at radius 3 is 2.67 bits per heavy atom. The van der Waals surface area contributed by atoms with Crippen LogP contribution in [-0.2, 0) is 0 Å². The van der Waals surface area contributed by atoms with E-state index in [4.69, 9.17) is 0 Å². The molecule has 0 heterocycles. The molecule has 1 fully saturated rings. The van der Waals surface area contributed by atoms with Crippen molar-refractivity contribution in [3.63, 3.8) is 0 Å². The summed E-state index contributed by atoms with van der Waals surface area (Å²) in [5.74, 6) is 0.835. The summed E-state index contributed by atoms with van der Waals surface area (Å²) in [4.78, 5) is 0. The molecule has 0 aliphatic heterocycles. The Hall–Kier alpha value is -0.823. The molecule has 0 N–H and O–H groups in total. The van der Waals surface area contributed by atoms with Crippen LogP contribution in [-0.4, -0.2) is 8.07 Å². The maximum absolute atomic E-state index is 2.64. The van der Waals surface area contributed by atoms with Crippen molar-refractivity contribution in [2.75, 3.05) is 0 Å². The standard InChI is InChI=1S/C20H28Si/c1-21(2,19-13-11-15-7-3-5-9-17(15)19)20-14-12-16-8-4-6-10-18(16)20/h11-14,17,20H,3-10H2,1-2H3. The van der Waals surface area contributed by atoms with E-state index in [1.165, 1.54) is 51.4 Å². The van der Waals surface area contributed by atoms with Gasteiger partial charge in [-0.1, -0.05) is 60.2 Å². The summed E-state index contributed by atoms with van der Waals surface area (Å²) < 4.78 is 0. The number of fused-ring (bicyclic) bond motifs is 1. The van der Waals surface area contributed by atoms with E-state index < -0.39 is 8.07 Å². The zero-order valence-electron chi connectivity index (χ0n) is 13.6. The van der Waals surface area contributed by atoms with E-state index >= 15 is 0 Å². The highest BCUT2D eigenvalue weighted by molar-refractivity contribution is 6.86. The third kappa shape index (κ3) is 2.16. The summed E-state index contributed by atoms with van der Waals surface area (Å²) in [5.41, 5.74) is 6.11. The first-order valence-corrected chi connectivity index (χ1v) is 12.1. The van der Waals surface area contributed by atoms with Crippen molar-refractivity contribution in [1.82, 2.24) is 0 Å². The lowest BCUT2D eigenvalue weighted by molar-refractivity contribution is 0.517. The molecule has 4 aliphatic carbocycles. The second-order valence-corrected chi connectivity index (χ2v) is 12.6. The van der Waals surface area contributed by atoms with Crippen molar-refractivity contribution in [1.29, 1.82) is 0 Å². The summed E-state index contributed by atoms with van der Waals surface area (Å²) in [6.45, 7) is 5.29. The van der Waals surface area contributed by atoms with E-state index in [0.717, 1.165) is 11.5 Å². The Kier molecular flexibility index (Phi) is 3.37. The summed E-state index contributed by atoms with van der Waals surface area (Å²) >= 11 is 0. The zero-order chi connectivity index (χ0) is 14.4. The minimum atomic E-state index is -1.39. The lowest BCUT2D eigenvalue weighted by Crippen LogP contribution is -2.38. The van der Waals surface area contributed by atoms with Crippen LogP contribution in [0.5, 0.6) is 0 Å². The van der Waals surface area contributed by atoms with Gasteiger partial charge >= 0.3 is 0 Å². The molecule has 112 valence electrons. The normalized spacial score (nSPS) is 31.9. The SMILES string of the molecule is C[Si](C)(C1=CC=C2CCCCC21)C1C=CC2=C1CCCC2. The van der Waals surface area contributed by atoms with Crippen LogP contribution < -0.4 is 0 Å². The van der Waals surface area contributed by atoms with Crippen molar-refractivity contribution in [3.05, 3.63) is 46.2 Å². The fourth-order valence-corrected chi connectivity index (χ4v) is 9.13. The molecule has 0 saturated heterocycles. The number of rotatable bonds is 2. The van der Waals surface area contributed by atoms with Crippen LogP contribution in [0.2, 0.25) is 18.6 Å². The van der Waals surface area contributed by atoms with Crippen LogP contribution in [0.3, 0.4) is 0 Å². The third-order valence-corrected chi connectivity index (χ3v) is 10.5. The predicted molar refractivity (Wildman–Crippen MR) is 94.0 cm³/mol. The zero-order valence-corrected chi connectivity index (χ0v) is 14.6. The molecule has 0 aromatic rings. The van der Waals surface area contributed by atoms with Gasteiger partial charge in [0.15, 0.2) is 0 Å². The third-order valence-electron chi connectivity index (χ3n) is 6.45. The Bertz CT molecular complexity index is 571. The van der Waals surface area contributed by atoms with E-state index in [-0.39, 0.29) is 0 Å². The molecule has 2 unspecified atom stereocenters.